The van der Waals surface area contributed by atoms with Crippen LogP contribution in [0.15, 0.2) is 0 Å². The quantitative estimate of drug-likeness (QED) is 0.796. The van der Waals surface area contributed by atoms with Crippen molar-refractivity contribution < 1.29 is 4.74 Å². The van der Waals surface area contributed by atoms with Crippen molar-refractivity contribution in [1.82, 2.24) is 19.5 Å². The van der Waals surface area contributed by atoms with Gasteiger partial charge in [-0.3, -0.25) is 0 Å². The first-order valence-electron chi connectivity index (χ1n) is 7.17. The summed E-state index contributed by atoms with van der Waals surface area (Å²) in [5.41, 5.74) is 1.80. The van der Waals surface area contributed by atoms with Gasteiger partial charge >= 0.3 is 0 Å². The van der Waals surface area contributed by atoms with Crippen molar-refractivity contribution in [2.75, 3.05) is 31.2 Å². The summed E-state index contributed by atoms with van der Waals surface area (Å²) in [5.74, 6) is 2.68. The zero-order valence-corrected chi connectivity index (χ0v) is 13.0. The molecular formula is C14H23N5O. The van der Waals surface area contributed by atoms with Gasteiger partial charge in [-0.1, -0.05) is 13.8 Å². The molecule has 2 aromatic heterocycles. The second kappa shape index (κ2) is 6.17. The molecule has 0 aromatic carbocycles. The Morgan fingerprint density at radius 2 is 1.65 bits per heavy atom. The van der Waals surface area contributed by atoms with Crippen molar-refractivity contribution in [2.24, 2.45) is 7.05 Å². The molecule has 0 saturated carbocycles. The van der Waals surface area contributed by atoms with E-state index in [0.29, 0.717) is 0 Å². The lowest BCUT2D eigenvalue weighted by Gasteiger charge is -2.27. The van der Waals surface area contributed by atoms with Crippen LogP contribution in [0.3, 0.4) is 0 Å². The Bertz CT molecular complexity index is 587. The number of fused-ring (bicyclic) bond motifs is 1. The molecule has 0 atom stereocenters. The molecule has 3 heterocycles. The van der Waals surface area contributed by atoms with Crippen molar-refractivity contribution in [3.05, 3.63) is 11.6 Å². The first kappa shape index (κ1) is 14.7. The summed E-state index contributed by atoms with van der Waals surface area (Å²) in [6.07, 6.45) is 0. The van der Waals surface area contributed by atoms with Gasteiger partial charge in [-0.25, -0.2) is 15.0 Å². The molecule has 0 unspecified atom stereocenters. The molecule has 0 bridgehead atoms. The number of hydrogen-bond acceptors (Lipinski definition) is 5. The molecule has 0 N–H and O–H groups in total. The van der Waals surface area contributed by atoms with Gasteiger partial charge in [0.1, 0.15) is 11.6 Å². The van der Waals surface area contributed by atoms with Crippen molar-refractivity contribution >= 4 is 17.0 Å². The number of anilines is 1. The Hall–Kier alpha value is -1.69. The van der Waals surface area contributed by atoms with Crippen LogP contribution in [0, 0.1) is 13.8 Å². The Morgan fingerprint density at radius 3 is 2.30 bits per heavy atom. The van der Waals surface area contributed by atoms with Crippen molar-refractivity contribution in [1.29, 1.82) is 0 Å². The Morgan fingerprint density at radius 1 is 1.00 bits per heavy atom. The van der Waals surface area contributed by atoms with E-state index in [1.807, 2.05) is 39.3 Å². The molecule has 0 aliphatic carbocycles. The van der Waals surface area contributed by atoms with E-state index < -0.39 is 0 Å². The lowest BCUT2D eigenvalue weighted by Crippen LogP contribution is -2.37. The summed E-state index contributed by atoms with van der Waals surface area (Å²) in [5, 5.41) is 0. The topological polar surface area (TPSA) is 56.1 Å². The van der Waals surface area contributed by atoms with Gasteiger partial charge in [-0.05, 0) is 13.8 Å². The molecule has 0 amide bonds. The highest BCUT2D eigenvalue weighted by atomic mass is 16.5. The van der Waals surface area contributed by atoms with E-state index >= 15 is 0 Å². The van der Waals surface area contributed by atoms with Gasteiger partial charge in [0, 0.05) is 20.1 Å². The Kier molecular flexibility index (Phi) is 4.54. The summed E-state index contributed by atoms with van der Waals surface area (Å²) in [6, 6.07) is 0. The van der Waals surface area contributed by atoms with Crippen LogP contribution in [0.5, 0.6) is 0 Å². The average molecular weight is 277 g/mol. The minimum atomic E-state index is 0.746. The van der Waals surface area contributed by atoms with E-state index in [0.717, 1.165) is 54.9 Å². The van der Waals surface area contributed by atoms with Crippen molar-refractivity contribution in [3.8, 4) is 0 Å². The highest BCUT2D eigenvalue weighted by molar-refractivity contribution is 5.84. The van der Waals surface area contributed by atoms with Gasteiger partial charge in [0.15, 0.2) is 17.0 Å². The molecule has 1 fully saturated rings. The SMILES string of the molecule is CC.Cc1nc(N2CCOCC2)c2nc(C)n(C)c2n1. The van der Waals surface area contributed by atoms with E-state index in [1.54, 1.807) is 0 Å². The van der Waals surface area contributed by atoms with Gasteiger partial charge in [-0.15, -0.1) is 0 Å². The van der Waals surface area contributed by atoms with Crippen LogP contribution >= 0.6 is 0 Å². The van der Waals surface area contributed by atoms with E-state index in [2.05, 4.69) is 19.9 Å². The molecule has 1 aliphatic heterocycles. The van der Waals surface area contributed by atoms with Crippen LogP contribution in [0.25, 0.3) is 11.2 Å². The number of imidazole rings is 1. The monoisotopic (exact) mass is 277 g/mol. The predicted octanol–water partition coefficient (Wildman–Crippen LogP) is 1.84. The van der Waals surface area contributed by atoms with Crippen molar-refractivity contribution in [2.45, 2.75) is 27.7 Å². The molecule has 6 heteroatoms. The summed E-state index contributed by atoms with van der Waals surface area (Å²) < 4.78 is 7.39. The fraction of sp³-hybridized carbons (Fsp3) is 0.643. The molecule has 0 spiro atoms. The van der Waals surface area contributed by atoms with Crippen LogP contribution in [0.1, 0.15) is 25.5 Å². The molecule has 1 aliphatic rings. The minimum Gasteiger partial charge on any atom is -0.378 e. The average Bonchev–Trinajstić information content (AvgIpc) is 2.77. The molecule has 3 rings (SSSR count). The molecule has 6 nitrogen and oxygen atoms in total. The van der Waals surface area contributed by atoms with Crippen LogP contribution in [0.4, 0.5) is 5.82 Å². The fourth-order valence-electron chi connectivity index (χ4n) is 2.26. The molecule has 20 heavy (non-hydrogen) atoms. The van der Waals surface area contributed by atoms with Gasteiger partial charge in [0.2, 0.25) is 0 Å². The summed E-state index contributed by atoms with van der Waals surface area (Å²) in [7, 11) is 1.99. The smallest absolute Gasteiger partial charge is 0.165 e. The first-order chi connectivity index (χ1) is 9.66. The number of aryl methyl sites for hydroxylation is 3. The fourth-order valence-corrected chi connectivity index (χ4v) is 2.26. The number of morpholine rings is 1. The number of hydrogen-bond donors (Lipinski definition) is 0. The Balaban J connectivity index is 0.000000704. The van der Waals surface area contributed by atoms with E-state index in [4.69, 9.17) is 4.74 Å². The highest BCUT2D eigenvalue weighted by Gasteiger charge is 2.19. The molecule has 0 radical (unpaired) electrons. The lowest BCUT2D eigenvalue weighted by molar-refractivity contribution is 0.122. The van der Waals surface area contributed by atoms with Crippen LogP contribution in [-0.4, -0.2) is 45.8 Å². The van der Waals surface area contributed by atoms with Crippen LogP contribution < -0.4 is 4.90 Å². The van der Waals surface area contributed by atoms with Crippen LogP contribution in [0.2, 0.25) is 0 Å². The van der Waals surface area contributed by atoms with Crippen molar-refractivity contribution in [3.63, 3.8) is 0 Å². The summed E-state index contributed by atoms with van der Waals surface area (Å²) >= 11 is 0. The second-order valence-electron chi connectivity index (χ2n) is 4.58. The third-order valence-electron chi connectivity index (χ3n) is 3.35. The zero-order valence-electron chi connectivity index (χ0n) is 13.0. The molecule has 2 aromatic rings. The van der Waals surface area contributed by atoms with E-state index in [-0.39, 0.29) is 0 Å². The number of rotatable bonds is 1. The third-order valence-corrected chi connectivity index (χ3v) is 3.35. The molecule has 110 valence electrons. The standard InChI is InChI=1S/C12H17N5O.C2H6/c1-8-13-11-10(15-9(2)16(11)3)12(14-8)17-4-6-18-7-5-17;1-2/h4-7H2,1-3H3;1-2H3. The highest BCUT2D eigenvalue weighted by Crippen LogP contribution is 2.24. The van der Waals surface area contributed by atoms with E-state index in [9.17, 15) is 0 Å². The van der Waals surface area contributed by atoms with Gasteiger partial charge in [0.25, 0.3) is 0 Å². The van der Waals surface area contributed by atoms with Gasteiger partial charge in [-0.2, -0.15) is 0 Å². The number of ether oxygens (including phenoxy) is 1. The second-order valence-corrected chi connectivity index (χ2v) is 4.58. The zero-order chi connectivity index (χ0) is 14.7. The maximum atomic E-state index is 5.38. The predicted molar refractivity (Wildman–Crippen MR) is 80.2 cm³/mol. The first-order valence-corrected chi connectivity index (χ1v) is 7.17. The minimum absolute atomic E-state index is 0.746. The summed E-state index contributed by atoms with van der Waals surface area (Å²) in [4.78, 5) is 15.9. The Labute approximate surface area is 119 Å². The lowest BCUT2D eigenvalue weighted by atomic mass is 10.3. The largest absolute Gasteiger partial charge is 0.378 e. The van der Waals surface area contributed by atoms with Crippen LogP contribution in [-0.2, 0) is 11.8 Å². The normalized spacial score (nSPS) is 15.2. The van der Waals surface area contributed by atoms with Gasteiger partial charge in [0.05, 0.1) is 13.2 Å². The molecular weight excluding hydrogens is 254 g/mol. The molecule has 1 saturated heterocycles. The maximum absolute atomic E-state index is 5.38. The number of aromatic nitrogens is 4. The van der Waals surface area contributed by atoms with E-state index in [1.165, 1.54) is 0 Å². The third kappa shape index (κ3) is 2.60. The summed E-state index contributed by atoms with van der Waals surface area (Å²) in [6.45, 7) is 11.1. The number of nitrogens with zero attached hydrogens (tertiary/aromatic N) is 5. The maximum Gasteiger partial charge on any atom is 0.165 e. The van der Waals surface area contributed by atoms with Gasteiger partial charge < -0.3 is 14.2 Å².